The number of nitrogens with one attached hydrogen (secondary N) is 1. The van der Waals surface area contributed by atoms with Gasteiger partial charge in [-0.1, -0.05) is 13.8 Å². The van der Waals surface area contributed by atoms with Crippen LogP contribution in [0, 0.1) is 22.7 Å². The number of nitriles is 1. The molecule has 1 aliphatic heterocycles. The Morgan fingerprint density at radius 2 is 2.28 bits per heavy atom. The van der Waals surface area contributed by atoms with E-state index in [9.17, 15) is 4.79 Å². The zero-order valence-electron chi connectivity index (χ0n) is 12.0. The third-order valence-corrected chi connectivity index (χ3v) is 3.78. The van der Waals surface area contributed by atoms with Gasteiger partial charge in [-0.25, -0.2) is 0 Å². The number of amides is 1. The molecule has 0 aliphatic carbocycles. The van der Waals surface area contributed by atoms with Crippen molar-refractivity contribution in [3.63, 3.8) is 0 Å². The molecule has 4 heteroatoms. The summed E-state index contributed by atoms with van der Waals surface area (Å²) in [6.45, 7) is 10.2. The summed E-state index contributed by atoms with van der Waals surface area (Å²) in [6.07, 6.45) is 2.19. The highest BCUT2D eigenvalue weighted by Crippen LogP contribution is 2.31. The average molecular weight is 251 g/mol. The van der Waals surface area contributed by atoms with E-state index in [0.29, 0.717) is 13.1 Å². The first kappa shape index (κ1) is 15.0. The van der Waals surface area contributed by atoms with Gasteiger partial charge in [0.2, 0.25) is 5.91 Å². The van der Waals surface area contributed by atoms with E-state index in [1.54, 1.807) is 4.90 Å². The zero-order valence-corrected chi connectivity index (χ0v) is 12.0. The quantitative estimate of drug-likeness (QED) is 0.828. The van der Waals surface area contributed by atoms with Gasteiger partial charge in [0, 0.05) is 13.1 Å². The largest absolute Gasteiger partial charge is 0.340 e. The Hall–Kier alpha value is -1.08. The standard InChI is InChI=1S/C14H25N3O/c1-5-17(10-11(2)9-15)13(18)12-14(3,4)7-6-8-16-12/h11-12,16H,5-8,10H2,1-4H3. The van der Waals surface area contributed by atoms with Crippen molar-refractivity contribution in [2.75, 3.05) is 19.6 Å². The van der Waals surface area contributed by atoms with Crippen LogP contribution in [0.3, 0.4) is 0 Å². The van der Waals surface area contributed by atoms with Gasteiger partial charge in [-0.15, -0.1) is 0 Å². The number of rotatable bonds is 4. The average Bonchev–Trinajstić information content (AvgIpc) is 2.34. The normalized spacial score (nSPS) is 24.1. The zero-order chi connectivity index (χ0) is 13.8. The Labute approximate surface area is 110 Å². The Balaban J connectivity index is 2.74. The molecule has 0 aromatic rings. The molecule has 1 heterocycles. The topological polar surface area (TPSA) is 56.1 Å². The molecular weight excluding hydrogens is 226 g/mol. The summed E-state index contributed by atoms with van der Waals surface area (Å²) in [5, 5.41) is 12.2. The molecular formula is C14H25N3O. The smallest absolute Gasteiger partial charge is 0.240 e. The molecule has 4 nitrogen and oxygen atoms in total. The molecule has 2 unspecified atom stereocenters. The fourth-order valence-electron chi connectivity index (χ4n) is 2.56. The van der Waals surface area contributed by atoms with Crippen LogP contribution in [0.2, 0.25) is 0 Å². The fraction of sp³-hybridized carbons (Fsp3) is 0.857. The van der Waals surface area contributed by atoms with Crippen LogP contribution in [0.15, 0.2) is 0 Å². The van der Waals surface area contributed by atoms with E-state index in [0.717, 1.165) is 19.4 Å². The lowest BCUT2D eigenvalue weighted by Gasteiger charge is -2.40. The highest BCUT2D eigenvalue weighted by atomic mass is 16.2. The number of piperidine rings is 1. The van der Waals surface area contributed by atoms with Crippen molar-refractivity contribution >= 4 is 5.91 Å². The maximum absolute atomic E-state index is 12.6. The van der Waals surface area contributed by atoms with Crippen molar-refractivity contribution in [3.05, 3.63) is 0 Å². The van der Waals surface area contributed by atoms with Crippen LogP contribution in [0.5, 0.6) is 0 Å². The third-order valence-electron chi connectivity index (χ3n) is 3.78. The summed E-state index contributed by atoms with van der Waals surface area (Å²) < 4.78 is 0. The molecule has 1 aliphatic rings. The monoisotopic (exact) mass is 251 g/mol. The number of nitrogens with zero attached hydrogens (tertiary/aromatic N) is 2. The van der Waals surface area contributed by atoms with E-state index in [4.69, 9.17) is 5.26 Å². The van der Waals surface area contributed by atoms with Crippen molar-refractivity contribution < 1.29 is 4.79 Å². The van der Waals surface area contributed by atoms with Gasteiger partial charge in [0.1, 0.15) is 0 Å². The molecule has 0 aromatic carbocycles. The summed E-state index contributed by atoms with van der Waals surface area (Å²) in [6, 6.07) is 2.08. The molecule has 0 bridgehead atoms. The lowest BCUT2D eigenvalue weighted by molar-refractivity contribution is -0.137. The van der Waals surface area contributed by atoms with Crippen LogP contribution in [0.25, 0.3) is 0 Å². The van der Waals surface area contributed by atoms with Crippen LogP contribution < -0.4 is 5.32 Å². The molecule has 18 heavy (non-hydrogen) atoms. The van der Waals surface area contributed by atoms with Crippen LogP contribution in [-0.4, -0.2) is 36.5 Å². The van der Waals surface area contributed by atoms with Gasteiger partial charge < -0.3 is 10.2 Å². The van der Waals surface area contributed by atoms with Gasteiger partial charge in [0.25, 0.3) is 0 Å². The first-order valence-corrected chi connectivity index (χ1v) is 6.84. The second-order valence-corrected chi connectivity index (χ2v) is 5.89. The minimum absolute atomic E-state index is 0.00135. The summed E-state index contributed by atoms with van der Waals surface area (Å²) in [5.41, 5.74) is -0.00135. The molecule has 0 saturated carbocycles. The first-order chi connectivity index (χ1) is 8.42. The molecule has 1 saturated heterocycles. The van der Waals surface area contributed by atoms with Crippen molar-refractivity contribution in [3.8, 4) is 6.07 Å². The van der Waals surface area contributed by atoms with Gasteiger partial charge >= 0.3 is 0 Å². The molecule has 1 amide bonds. The van der Waals surface area contributed by atoms with Crippen LogP contribution in [0.4, 0.5) is 0 Å². The summed E-state index contributed by atoms with van der Waals surface area (Å²) in [4.78, 5) is 14.4. The van der Waals surface area contributed by atoms with Crippen LogP contribution in [-0.2, 0) is 4.79 Å². The second kappa shape index (κ2) is 6.19. The second-order valence-electron chi connectivity index (χ2n) is 5.89. The minimum atomic E-state index is -0.114. The Morgan fingerprint density at radius 3 is 2.78 bits per heavy atom. The van der Waals surface area contributed by atoms with Crippen molar-refractivity contribution in [1.82, 2.24) is 10.2 Å². The van der Waals surface area contributed by atoms with E-state index >= 15 is 0 Å². The predicted octanol–water partition coefficient (Wildman–Crippen LogP) is 1.77. The maximum Gasteiger partial charge on any atom is 0.240 e. The van der Waals surface area contributed by atoms with Crippen molar-refractivity contribution in [2.45, 2.75) is 46.6 Å². The Bertz CT molecular complexity index is 332. The molecule has 1 fully saturated rings. The highest BCUT2D eigenvalue weighted by molar-refractivity contribution is 5.83. The van der Waals surface area contributed by atoms with Crippen LogP contribution in [0.1, 0.15) is 40.5 Å². The third kappa shape index (κ3) is 3.46. The van der Waals surface area contributed by atoms with E-state index in [1.165, 1.54) is 0 Å². The number of hydrogen-bond donors (Lipinski definition) is 1. The SMILES string of the molecule is CCN(CC(C)C#N)C(=O)C1NCCCC1(C)C. The predicted molar refractivity (Wildman–Crippen MR) is 71.8 cm³/mol. The lowest BCUT2D eigenvalue weighted by atomic mass is 9.77. The fourth-order valence-corrected chi connectivity index (χ4v) is 2.56. The Kier molecular flexibility index (Phi) is 5.15. The number of hydrogen-bond acceptors (Lipinski definition) is 3. The van der Waals surface area contributed by atoms with Crippen molar-refractivity contribution in [2.24, 2.45) is 11.3 Å². The maximum atomic E-state index is 12.6. The molecule has 0 aromatic heterocycles. The van der Waals surface area contributed by atoms with Gasteiger partial charge in [0.05, 0.1) is 18.0 Å². The van der Waals surface area contributed by atoms with Crippen molar-refractivity contribution in [1.29, 1.82) is 5.26 Å². The first-order valence-electron chi connectivity index (χ1n) is 6.84. The Morgan fingerprint density at radius 1 is 1.61 bits per heavy atom. The molecule has 0 radical (unpaired) electrons. The summed E-state index contributed by atoms with van der Waals surface area (Å²) in [7, 11) is 0. The molecule has 2 atom stereocenters. The molecule has 102 valence electrons. The van der Waals surface area contributed by atoms with E-state index in [-0.39, 0.29) is 23.3 Å². The number of likely N-dealkylation sites (N-methyl/N-ethyl adjacent to an activating group) is 1. The summed E-state index contributed by atoms with van der Waals surface area (Å²) >= 11 is 0. The molecule has 1 rings (SSSR count). The van der Waals surface area contributed by atoms with Crippen LogP contribution >= 0.6 is 0 Å². The minimum Gasteiger partial charge on any atom is -0.340 e. The lowest BCUT2D eigenvalue weighted by Crippen LogP contribution is -2.57. The van der Waals surface area contributed by atoms with Gasteiger partial charge in [-0.2, -0.15) is 5.26 Å². The molecule has 0 spiro atoms. The molecule has 1 N–H and O–H groups in total. The number of carbonyl (C=O) groups excluding carboxylic acids is 1. The highest BCUT2D eigenvalue weighted by Gasteiger charge is 2.39. The van der Waals surface area contributed by atoms with Gasteiger partial charge in [0.15, 0.2) is 0 Å². The van der Waals surface area contributed by atoms with Gasteiger partial charge in [-0.05, 0) is 38.6 Å². The van der Waals surface area contributed by atoms with E-state index < -0.39 is 0 Å². The van der Waals surface area contributed by atoms with E-state index in [1.807, 2.05) is 13.8 Å². The van der Waals surface area contributed by atoms with E-state index in [2.05, 4.69) is 25.2 Å². The summed E-state index contributed by atoms with van der Waals surface area (Å²) in [5.74, 6) is 0.0323. The van der Waals surface area contributed by atoms with Gasteiger partial charge in [-0.3, -0.25) is 4.79 Å². The number of carbonyl (C=O) groups is 1.